The molecule has 0 spiro atoms. The molecule has 1 rings (SSSR count). The minimum atomic E-state index is -0.0181. The monoisotopic (exact) mass is 221 g/mol. The number of methoxy groups -OCH3 is 1. The van der Waals surface area contributed by atoms with Crippen molar-refractivity contribution in [2.75, 3.05) is 24.3 Å². The van der Waals surface area contributed by atoms with Crippen molar-refractivity contribution in [1.29, 1.82) is 0 Å². The van der Waals surface area contributed by atoms with Gasteiger partial charge >= 0.3 is 0 Å². The molecular weight excluding hydrogens is 204 g/mol. The van der Waals surface area contributed by atoms with Crippen molar-refractivity contribution >= 4 is 17.3 Å². The largest absolute Gasteiger partial charge is 0.495 e. The van der Waals surface area contributed by atoms with Crippen LogP contribution in [-0.4, -0.2) is 19.6 Å². The van der Waals surface area contributed by atoms with E-state index in [-0.39, 0.29) is 5.91 Å². The molecule has 0 saturated heterocycles. The van der Waals surface area contributed by atoms with E-state index in [4.69, 9.17) is 10.5 Å². The smallest absolute Gasteiger partial charge is 0.223 e. The van der Waals surface area contributed by atoms with Crippen LogP contribution in [0.1, 0.15) is 13.3 Å². The summed E-state index contributed by atoms with van der Waals surface area (Å²) in [6.45, 7) is 5.86. The van der Waals surface area contributed by atoms with E-state index in [1.807, 2.05) is 0 Å². The number of ether oxygens (including phenoxy) is 1. The molecule has 0 unspecified atom stereocenters. The molecule has 0 aromatic heterocycles. The van der Waals surface area contributed by atoms with E-state index in [0.717, 1.165) is 5.69 Å². The van der Waals surface area contributed by atoms with Gasteiger partial charge in [-0.05, 0) is 18.6 Å². The third-order valence-corrected chi connectivity index (χ3v) is 2.29. The number of nitrogens with zero attached hydrogens (tertiary/aromatic N) is 1. The van der Waals surface area contributed by atoms with E-state index in [0.29, 0.717) is 24.4 Å². The molecule has 1 amide bonds. The van der Waals surface area contributed by atoms with Crippen LogP contribution in [-0.2, 0) is 4.79 Å². The second-order valence-electron chi connectivity index (χ2n) is 3.45. The fourth-order valence-corrected chi connectivity index (χ4v) is 1.49. The quantitative estimate of drug-likeness (QED) is 0.789. The summed E-state index contributed by atoms with van der Waals surface area (Å²) in [5.41, 5.74) is 7.05. The number of hydrogen-bond donors (Lipinski definition) is 1. The van der Waals surface area contributed by atoms with Gasteiger partial charge in [-0.25, -0.2) is 0 Å². The third kappa shape index (κ3) is 2.66. The average Bonchev–Trinajstić information content (AvgIpc) is 2.26. The Morgan fingerprint density at radius 2 is 2.25 bits per heavy atom. The molecule has 2 N–H and O–H groups in total. The lowest BCUT2D eigenvalue weighted by Gasteiger charge is -2.21. The van der Waals surface area contributed by atoms with Gasteiger partial charge in [-0.15, -0.1) is 0 Å². The molecule has 4 heteroatoms. The molecule has 4 nitrogen and oxygen atoms in total. The number of nitrogens with two attached hydrogens (primary N) is 1. The molecule has 0 saturated carbocycles. The third-order valence-electron chi connectivity index (χ3n) is 2.29. The van der Waals surface area contributed by atoms with Crippen LogP contribution in [0.3, 0.4) is 0 Å². The molecule has 1 radical (unpaired) electrons. The van der Waals surface area contributed by atoms with Gasteiger partial charge in [0.15, 0.2) is 0 Å². The number of nitrogen functional groups attached to an aromatic ring is 1. The molecule has 0 aliphatic carbocycles. The first-order valence-electron chi connectivity index (χ1n) is 5.11. The highest BCUT2D eigenvalue weighted by Crippen LogP contribution is 2.27. The summed E-state index contributed by atoms with van der Waals surface area (Å²) in [6, 6.07) is 5.29. The second kappa shape index (κ2) is 5.39. The molecule has 0 aliphatic rings. The van der Waals surface area contributed by atoms with Gasteiger partial charge < -0.3 is 15.4 Å². The van der Waals surface area contributed by atoms with E-state index in [1.165, 1.54) is 6.92 Å². The molecule has 0 aliphatic heterocycles. The Morgan fingerprint density at radius 1 is 1.56 bits per heavy atom. The van der Waals surface area contributed by atoms with Crippen molar-refractivity contribution in [3.63, 3.8) is 0 Å². The molecule has 87 valence electrons. The van der Waals surface area contributed by atoms with Crippen LogP contribution < -0.4 is 15.4 Å². The fourth-order valence-electron chi connectivity index (χ4n) is 1.49. The van der Waals surface area contributed by atoms with Gasteiger partial charge in [0.05, 0.1) is 12.8 Å². The van der Waals surface area contributed by atoms with Gasteiger partial charge in [-0.2, -0.15) is 0 Å². The highest BCUT2D eigenvalue weighted by molar-refractivity contribution is 5.92. The Hall–Kier alpha value is -1.71. The summed E-state index contributed by atoms with van der Waals surface area (Å²) in [4.78, 5) is 13.1. The van der Waals surface area contributed by atoms with E-state index < -0.39 is 0 Å². The van der Waals surface area contributed by atoms with Crippen molar-refractivity contribution < 1.29 is 9.53 Å². The van der Waals surface area contributed by atoms with Gasteiger partial charge in [0.1, 0.15) is 5.75 Å². The Labute approximate surface area is 96.0 Å². The van der Waals surface area contributed by atoms with Crippen LogP contribution in [0.15, 0.2) is 18.2 Å². The van der Waals surface area contributed by atoms with Crippen LogP contribution in [0.2, 0.25) is 0 Å². The minimum Gasteiger partial charge on any atom is -0.495 e. The average molecular weight is 221 g/mol. The Kier molecular flexibility index (Phi) is 4.17. The summed E-state index contributed by atoms with van der Waals surface area (Å²) in [5, 5.41) is 0. The normalized spacial score (nSPS) is 9.94. The predicted octanol–water partition coefficient (Wildman–Crippen LogP) is 1.85. The lowest BCUT2D eigenvalue weighted by atomic mass is 10.2. The van der Waals surface area contributed by atoms with Crippen molar-refractivity contribution in [1.82, 2.24) is 0 Å². The number of carbonyl (C=O) groups is 1. The van der Waals surface area contributed by atoms with Gasteiger partial charge in [0.25, 0.3) is 0 Å². The van der Waals surface area contributed by atoms with Crippen molar-refractivity contribution in [3.05, 3.63) is 25.1 Å². The maximum Gasteiger partial charge on any atom is 0.223 e. The zero-order valence-corrected chi connectivity index (χ0v) is 9.69. The molecule has 1 aromatic carbocycles. The SMILES string of the molecule is [CH2]CCN(C(C)=O)c1ccc(N)c(OC)c1. The summed E-state index contributed by atoms with van der Waals surface area (Å²) in [6.07, 6.45) is 0.659. The number of rotatable bonds is 4. The highest BCUT2D eigenvalue weighted by Gasteiger charge is 2.11. The topological polar surface area (TPSA) is 55.6 Å². The summed E-state index contributed by atoms with van der Waals surface area (Å²) >= 11 is 0. The number of carbonyl (C=O) groups excluding carboxylic acids is 1. The lowest BCUT2D eigenvalue weighted by Crippen LogP contribution is -2.29. The van der Waals surface area contributed by atoms with Crippen LogP contribution in [0.4, 0.5) is 11.4 Å². The number of anilines is 2. The van der Waals surface area contributed by atoms with E-state index in [2.05, 4.69) is 6.92 Å². The van der Waals surface area contributed by atoms with E-state index in [1.54, 1.807) is 30.2 Å². The van der Waals surface area contributed by atoms with Crippen molar-refractivity contribution in [2.45, 2.75) is 13.3 Å². The summed E-state index contributed by atoms with van der Waals surface area (Å²) < 4.78 is 5.12. The molecular formula is C12H17N2O2. The predicted molar refractivity (Wildman–Crippen MR) is 65.4 cm³/mol. The first kappa shape index (κ1) is 12.4. The van der Waals surface area contributed by atoms with Crippen LogP contribution >= 0.6 is 0 Å². The Morgan fingerprint density at radius 3 is 2.75 bits per heavy atom. The molecule has 0 fully saturated rings. The number of benzene rings is 1. The first-order chi connectivity index (χ1) is 7.60. The van der Waals surface area contributed by atoms with Crippen molar-refractivity contribution in [3.8, 4) is 5.75 Å². The Bertz CT molecular complexity index is 377. The van der Waals surface area contributed by atoms with Gasteiger partial charge in [-0.3, -0.25) is 4.79 Å². The standard InChI is InChI=1S/C12H17N2O2/c1-4-7-14(9(2)15)10-5-6-11(13)12(8-10)16-3/h5-6,8H,1,4,7,13H2,2-3H3. The summed E-state index contributed by atoms with van der Waals surface area (Å²) in [7, 11) is 1.55. The number of hydrogen-bond acceptors (Lipinski definition) is 3. The maximum absolute atomic E-state index is 11.4. The fraction of sp³-hybridized carbons (Fsp3) is 0.333. The van der Waals surface area contributed by atoms with Gasteiger partial charge in [0, 0.05) is 25.2 Å². The van der Waals surface area contributed by atoms with E-state index >= 15 is 0 Å². The summed E-state index contributed by atoms with van der Waals surface area (Å²) in [5.74, 6) is 0.559. The van der Waals surface area contributed by atoms with E-state index in [9.17, 15) is 4.79 Å². The maximum atomic E-state index is 11.4. The zero-order valence-electron chi connectivity index (χ0n) is 9.69. The molecule has 0 heterocycles. The van der Waals surface area contributed by atoms with Crippen molar-refractivity contribution in [2.24, 2.45) is 0 Å². The second-order valence-corrected chi connectivity index (χ2v) is 3.45. The highest BCUT2D eigenvalue weighted by atomic mass is 16.5. The van der Waals surface area contributed by atoms with Gasteiger partial charge in [-0.1, -0.05) is 6.92 Å². The zero-order chi connectivity index (χ0) is 12.1. The first-order valence-corrected chi connectivity index (χ1v) is 5.11. The van der Waals surface area contributed by atoms with Crippen LogP contribution in [0.5, 0.6) is 5.75 Å². The molecule has 16 heavy (non-hydrogen) atoms. The minimum absolute atomic E-state index is 0.0181. The molecule has 1 aromatic rings. The molecule has 0 atom stereocenters. The Balaban J connectivity index is 3.05. The van der Waals surface area contributed by atoms with Crippen LogP contribution in [0, 0.1) is 6.92 Å². The molecule has 0 bridgehead atoms. The number of amides is 1. The lowest BCUT2D eigenvalue weighted by molar-refractivity contribution is -0.116. The van der Waals surface area contributed by atoms with Gasteiger partial charge in [0.2, 0.25) is 5.91 Å². The van der Waals surface area contributed by atoms with Crippen LogP contribution in [0.25, 0.3) is 0 Å².